The van der Waals surface area contributed by atoms with Gasteiger partial charge in [0.2, 0.25) is 0 Å². The highest BCUT2D eigenvalue weighted by atomic mass is 31.2. The molecule has 0 spiro atoms. The fraction of sp³-hybridized carbons (Fsp3) is 0.625. The van der Waals surface area contributed by atoms with Crippen molar-refractivity contribution in [2.75, 3.05) is 26.4 Å². The Bertz CT molecular complexity index is 1550. The molecule has 0 amide bonds. The van der Waals surface area contributed by atoms with Crippen LogP contribution in [0.1, 0.15) is 142 Å². The predicted molar refractivity (Wildman–Crippen MR) is 255 cm³/mol. The van der Waals surface area contributed by atoms with Crippen molar-refractivity contribution in [3.8, 4) is 0 Å². The Morgan fingerprint density at radius 2 is 0.938 bits per heavy atom. The van der Waals surface area contributed by atoms with Crippen LogP contribution >= 0.6 is 15.6 Å². The van der Waals surface area contributed by atoms with Crippen LogP contribution in [0.15, 0.2) is 97.2 Å². The third-order valence-corrected chi connectivity index (χ3v) is 10.6. The topological polar surface area (TPSA) is 236 Å². The van der Waals surface area contributed by atoms with E-state index < -0.39 is 78.4 Å². The van der Waals surface area contributed by atoms with Crippen LogP contribution in [0.2, 0.25) is 0 Å². The Kier molecular flexibility index (Phi) is 40.3. The molecule has 17 heteroatoms. The fourth-order valence-corrected chi connectivity index (χ4v) is 6.65. The molecule has 0 radical (unpaired) electrons. The van der Waals surface area contributed by atoms with Gasteiger partial charge in [0.25, 0.3) is 0 Å². The average Bonchev–Trinajstić information content (AvgIpc) is 3.26. The first-order valence-corrected chi connectivity index (χ1v) is 26.1. The number of hydrogen-bond acceptors (Lipinski definition) is 12. The summed E-state index contributed by atoms with van der Waals surface area (Å²) < 4.78 is 47.5. The van der Waals surface area contributed by atoms with E-state index in [1.807, 2.05) is 30.4 Å². The van der Waals surface area contributed by atoms with Crippen LogP contribution in [0.25, 0.3) is 0 Å². The summed E-state index contributed by atoms with van der Waals surface area (Å²) in [6, 6.07) is 0. The molecule has 0 saturated heterocycles. The van der Waals surface area contributed by atoms with Crippen molar-refractivity contribution < 1.29 is 71.8 Å². The maximum Gasteiger partial charge on any atom is 0.472 e. The van der Waals surface area contributed by atoms with Gasteiger partial charge in [0, 0.05) is 12.8 Å². The molecular formula is C48H80O15P2. The SMILES string of the molecule is CCCCC/C=C\C/C=C\C/C=C\C/C=C\C/C=C\CCC(=O)OC[C@H](COP(=O)(O)OC[C@@H](O)COP(=O)(O)O)OC(=O)CCCC(O)C(O)C/C=C\C/C=C\C/C=C\CCCCC. The van der Waals surface area contributed by atoms with Gasteiger partial charge < -0.3 is 39.5 Å². The number of carbonyl (C=O) groups is 2. The normalized spacial score (nSPS) is 15.8. The van der Waals surface area contributed by atoms with Crippen molar-refractivity contribution in [2.24, 2.45) is 0 Å². The fourth-order valence-electron chi connectivity index (χ4n) is 5.49. The average molecular weight is 959 g/mol. The number of ether oxygens (including phenoxy) is 2. The van der Waals surface area contributed by atoms with Crippen LogP contribution in [0, 0.1) is 0 Å². The summed E-state index contributed by atoms with van der Waals surface area (Å²) in [4.78, 5) is 52.8. The predicted octanol–water partition coefficient (Wildman–Crippen LogP) is 10.1. The smallest absolute Gasteiger partial charge is 0.462 e. The van der Waals surface area contributed by atoms with Gasteiger partial charge in [-0.1, -0.05) is 137 Å². The van der Waals surface area contributed by atoms with Crippen molar-refractivity contribution >= 4 is 27.6 Å². The zero-order valence-corrected chi connectivity index (χ0v) is 40.6. The summed E-state index contributed by atoms with van der Waals surface area (Å²) in [7, 11) is -9.82. The molecule has 15 nitrogen and oxygen atoms in total. The van der Waals surface area contributed by atoms with Crippen LogP contribution in [-0.2, 0) is 41.8 Å². The van der Waals surface area contributed by atoms with E-state index in [0.29, 0.717) is 19.3 Å². The van der Waals surface area contributed by atoms with Gasteiger partial charge in [-0.05, 0) is 89.9 Å². The highest BCUT2D eigenvalue weighted by molar-refractivity contribution is 7.47. The minimum Gasteiger partial charge on any atom is -0.462 e. The lowest BCUT2D eigenvalue weighted by molar-refractivity contribution is -0.161. The maximum atomic E-state index is 12.7. The zero-order chi connectivity index (χ0) is 48.3. The molecule has 0 aliphatic carbocycles. The summed E-state index contributed by atoms with van der Waals surface area (Å²) >= 11 is 0. The summed E-state index contributed by atoms with van der Waals surface area (Å²) in [6.45, 7) is 1.28. The molecule has 0 aliphatic heterocycles. The lowest BCUT2D eigenvalue weighted by atomic mass is 10.0. The van der Waals surface area contributed by atoms with Crippen LogP contribution in [-0.4, -0.2) is 92.8 Å². The molecule has 0 heterocycles. The standard InChI is InChI=1S/C48H80O15P2/c1-3-5-7-9-11-13-15-17-18-19-20-21-22-23-25-27-29-31-33-37-47(52)59-41-44(42-62-65(57,58)61-40-43(49)39-60-64(54,55)56)63-48(53)38-34-36-46(51)45(50)35-32-30-28-26-24-16-14-12-10-8-6-4-2/h11-14,17-18,20-21,23-26,29-32,43-46,49-51H,3-10,15-16,19,22,27-28,33-42H2,1-2H3,(H,57,58)(H2,54,55,56)/b13-11-,14-12-,18-17-,21-20-,25-23-,26-24-,31-29-,32-30-/t43-,44+,45?,46?/m0/s1. The second kappa shape index (κ2) is 42.3. The second-order valence-electron chi connectivity index (χ2n) is 15.3. The van der Waals surface area contributed by atoms with E-state index in [1.54, 1.807) is 6.08 Å². The number of aliphatic hydroxyl groups excluding tert-OH is 3. The molecular weight excluding hydrogens is 878 g/mol. The van der Waals surface area contributed by atoms with Crippen LogP contribution in [0.5, 0.6) is 0 Å². The van der Waals surface area contributed by atoms with E-state index in [1.165, 1.54) is 38.5 Å². The summed E-state index contributed by atoms with van der Waals surface area (Å²) in [5.41, 5.74) is 0. The number of phosphoric acid groups is 2. The molecule has 0 aromatic heterocycles. The summed E-state index contributed by atoms with van der Waals surface area (Å²) in [5.74, 6) is -1.42. The molecule has 372 valence electrons. The van der Waals surface area contributed by atoms with Gasteiger partial charge in [0.1, 0.15) is 12.7 Å². The highest BCUT2D eigenvalue weighted by Gasteiger charge is 2.28. The number of aliphatic hydroxyl groups is 3. The largest absolute Gasteiger partial charge is 0.472 e. The van der Waals surface area contributed by atoms with Crippen molar-refractivity contribution in [1.29, 1.82) is 0 Å². The molecule has 0 fully saturated rings. The molecule has 0 rings (SSSR count). The van der Waals surface area contributed by atoms with Gasteiger partial charge in [-0.15, -0.1) is 0 Å². The van der Waals surface area contributed by atoms with Crippen molar-refractivity contribution in [3.63, 3.8) is 0 Å². The Balaban J connectivity index is 4.85. The van der Waals surface area contributed by atoms with Gasteiger partial charge >= 0.3 is 27.6 Å². The van der Waals surface area contributed by atoms with Crippen LogP contribution in [0.3, 0.4) is 0 Å². The number of hydrogen-bond donors (Lipinski definition) is 6. The van der Waals surface area contributed by atoms with Gasteiger partial charge in [-0.2, -0.15) is 0 Å². The first-order chi connectivity index (χ1) is 31.2. The van der Waals surface area contributed by atoms with Gasteiger partial charge in [-0.3, -0.25) is 23.2 Å². The van der Waals surface area contributed by atoms with E-state index in [0.717, 1.165) is 38.5 Å². The second-order valence-corrected chi connectivity index (χ2v) is 18.0. The number of carbonyl (C=O) groups excluding carboxylic acids is 2. The molecule has 0 bridgehead atoms. The van der Waals surface area contributed by atoms with E-state index in [2.05, 4.69) is 83.7 Å². The first-order valence-electron chi connectivity index (χ1n) is 23.1. The quantitative estimate of drug-likeness (QED) is 0.0144. The van der Waals surface area contributed by atoms with Crippen LogP contribution < -0.4 is 0 Å². The third-order valence-electron chi connectivity index (χ3n) is 9.15. The monoisotopic (exact) mass is 958 g/mol. The van der Waals surface area contributed by atoms with E-state index in [9.17, 15) is 38.9 Å². The molecule has 0 aliphatic rings. The Labute approximate surface area is 388 Å². The molecule has 6 N–H and O–H groups in total. The van der Waals surface area contributed by atoms with Gasteiger partial charge in [0.05, 0.1) is 32.0 Å². The van der Waals surface area contributed by atoms with Crippen molar-refractivity contribution in [3.05, 3.63) is 97.2 Å². The Hall–Kier alpha value is -3.04. The van der Waals surface area contributed by atoms with E-state index in [-0.39, 0.29) is 32.1 Å². The molecule has 0 saturated carbocycles. The van der Waals surface area contributed by atoms with Gasteiger partial charge in [0.15, 0.2) is 6.10 Å². The van der Waals surface area contributed by atoms with Crippen molar-refractivity contribution in [2.45, 2.75) is 167 Å². The highest BCUT2D eigenvalue weighted by Crippen LogP contribution is 2.43. The zero-order valence-electron chi connectivity index (χ0n) is 38.8. The van der Waals surface area contributed by atoms with Crippen LogP contribution in [0.4, 0.5) is 0 Å². The van der Waals surface area contributed by atoms with Crippen molar-refractivity contribution in [1.82, 2.24) is 0 Å². The van der Waals surface area contributed by atoms with Gasteiger partial charge in [-0.25, -0.2) is 9.13 Å². The lowest BCUT2D eigenvalue weighted by Crippen LogP contribution is -2.30. The minimum absolute atomic E-state index is 0.00573. The molecule has 0 aromatic carbocycles. The number of esters is 2. The lowest BCUT2D eigenvalue weighted by Gasteiger charge is -2.21. The molecule has 65 heavy (non-hydrogen) atoms. The number of allylic oxidation sites excluding steroid dienone is 15. The Morgan fingerprint density at radius 3 is 1.43 bits per heavy atom. The minimum atomic E-state index is -4.91. The third kappa shape index (κ3) is 44.6. The number of phosphoric ester groups is 2. The Morgan fingerprint density at radius 1 is 0.492 bits per heavy atom. The molecule has 0 aromatic rings. The molecule has 3 unspecified atom stereocenters. The number of unbranched alkanes of at least 4 members (excludes halogenated alkanes) is 6. The summed E-state index contributed by atoms with van der Waals surface area (Å²) in [5, 5.41) is 30.5. The first kappa shape index (κ1) is 62.0. The number of rotatable bonds is 42. The summed E-state index contributed by atoms with van der Waals surface area (Å²) in [6.07, 6.45) is 42.9. The van der Waals surface area contributed by atoms with E-state index in [4.69, 9.17) is 23.8 Å². The van der Waals surface area contributed by atoms with E-state index >= 15 is 0 Å². The maximum absolute atomic E-state index is 12.7. The molecule has 5 atom stereocenters.